The summed E-state index contributed by atoms with van der Waals surface area (Å²) in [5, 5.41) is 0. The Morgan fingerprint density at radius 1 is 0.951 bits per heavy atom. The molecule has 0 radical (unpaired) electrons. The van der Waals surface area contributed by atoms with Crippen LogP contribution in [0.4, 0.5) is 5.69 Å². The maximum atomic E-state index is 14.1. The van der Waals surface area contributed by atoms with Crippen molar-refractivity contribution in [2.75, 3.05) is 4.90 Å². The Bertz CT molecular complexity index is 1670. The highest BCUT2D eigenvalue weighted by molar-refractivity contribution is 7.89. The van der Waals surface area contributed by atoms with Gasteiger partial charge in [-0.2, -0.15) is 0 Å². The van der Waals surface area contributed by atoms with E-state index in [2.05, 4.69) is 27.9 Å². The highest BCUT2D eigenvalue weighted by Crippen LogP contribution is 2.49. The van der Waals surface area contributed by atoms with Crippen molar-refractivity contribution in [2.24, 2.45) is 5.92 Å². The number of nitrogens with zero attached hydrogens (tertiary/aromatic N) is 2. The predicted molar refractivity (Wildman–Crippen MR) is 161 cm³/mol. The third-order valence-corrected chi connectivity index (χ3v) is 9.74. The van der Waals surface area contributed by atoms with E-state index in [-0.39, 0.29) is 28.7 Å². The minimum atomic E-state index is -3.70. The second-order valence-electron chi connectivity index (χ2n) is 11.3. The molecule has 1 amide bonds. The van der Waals surface area contributed by atoms with Crippen molar-refractivity contribution in [1.29, 1.82) is 0 Å². The van der Waals surface area contributed by atoms with E-state index < -0.39 is 10.0 Å². The van der Waals surface area contributed by atoms with Crippen LogP contribution in [-0.4, -0.2) is 19.3 Å². The van der Waals surface area contributed by atoms with Crippen molar-refractivity contribution >= 4 is 21.6 Å². The molecule has 1 aromatic heterocycles. The first kappa shape index (κ1) is 27.4. The maximum absolute atomic E-state index is 14.1. The summed E-state index contributed by atoms with van der Waals surface area (Å²) in [5.41, 5.74) is 6.76. The van der Waals surface area contributed by atoms with Crippen molar-refractivity contribution in [2.45, 2.75) is 62.9 Å². The Morgan fingerprint density at radius 3 is 2.49 bits per heavy atom. The lowest BCUT2D eigenvalue weighted by Gasteiger charge is -2.29. The summed E-state index contributed by atoms with van der Waals surface area (Å²) >= 11 is 0. The number of carbonyl (C=O) groups excluding carboxylic acids is 1. The van der Waals surface area contributed by atoms with Gasteiger partial charge in [-0.3, -0.25) is 9.78 Å². The highest BCUT2D eigenvalue weighted by atomic mass is 32.2. The summed E-state index contributed by atoms with van der Waals surface area (Å²) in [5.74, 6) is 0.201. The number of aromatic nitrogens is 1. The second-order valence-corrected chi connectivity index (χ2v) is 13.0. The molecule has 0 aliphatic heterocycles. The molecule has 2 aliphatic rings. The van der Waals surface area contributed by atoms with Crippen LogP contribution in [0.25, 0.3) is 0 Å². The van der Waals surface area contributed by atoms with E-state index in [1.807, 2.05) is 79.4 Å². The minimum Gasteiger partial charge on any atom is -0.306 e. The molecule has 6 nitrogen and oxygen atoms in total. The summed E-state index contributed by atoms with van der Waals surface area (Å²) in [4.78, 5) is 20.8. The number of carbonyl (C=O) groups is 1. The number of rotatable bonds is 8. The van der Waals surface area contributed by atoms with Gasteiger partial charge >= 0.3 is 0 Å². The van der Waals surface area contributed by atoms with Crippen LogP contribution in [0.3, 0.4) is 0 Å². The average Bonchev–Trinajstić information content (AvgIpc) is 3.78. The van der Waals surface area contributed by atoms with Crippen LogP contribution < -0.4 is 9.62 Å². The molecule has 3 atom stereocenters. The van der Waals surface area contributed by atoms with Crippen molar-refractivity contribution in [3.05, 3.63) is 125 Å². The summed E-state index contributed by atoms with van der Waals surface area (Å²) in [6.45, 7) is 4.24. The lowest BCUT2D eigenvalue weighted by molar-refractivity contribution is -0.120. The van der Waals surface area contributed by atoms with Crippen LogP contribution in [-0.2, 0) is 27.8 Å². The minimum absolute atomic E-state index is 0.0784. The summed E-state index contributed by atoms with van der Waals surface area (Å²) in [6.07, 6.45) is 3.30. The Kier molecular flexibility index (Phi) is 7.49. The molecule has 0 saturated heterocycles. The standard InChI is InChI=1S/C34H35N3O3S/c1-23-14-18-29(19-15-23)41(39,40)36-33-13-7-11-26-16-17-28(20-31(26)33)37(22-27-12-6-8-24(2)35-27)34(38)32-21-30(32)25-9-4-3-5-10-25/h3-6,8-10,12,14-20,30,32-33,36H,7,11,13,21-22H2,1-2H3/t30-,32+,33+/m1/s1. The Balaban J connectivity index is 1.32. The number of benzene rings is 3. The smallest absolute Gasteiger partial charge is 0.241 e. The van der Waals surface area contributed by atoms with Crippen LogP contribution >= 0.6 is 0 Å². The molecule has 1 N–H and O–H groups in total. The number of hydrogen-bond donors (Lipinski definition) is 1. The largest absolute Gasteiger partial charge is 0.306 e. The first-order valence-electron chi connectivity index (χ1n) is 14.3. The Labute approximate surface area is 242 Å². The fourth-order valence-corrected chi connectivity index (χ4v) is 7.18. The van der Waals surface area contributed by atoms with Gasteiger partial charge in [-0.25, -0.2) is 13.1 Å². The second kappa shape index (κ2) is 11.2. The molecule has 41 heavy (non-hydrogen) atoms. The van der Waals surface area contributed by atoms with E-state index in [1.54, 1.807) is 12.1 Å². The molecule has 3 aromatic carbocycles. The van der Waals surface area contributed by atoms with E-state index in [0.717, 1.165) is 53.0 Å². The molecule has 7 heteroatoms. The molecule has 1 fully saturated rings. The Morgan fingerprint density at radius 2 is 1.73 bits per heavy atom. The molecule has 2 aliphatic carbocycles. The quantitative estimate of drug-likeness (QED) is 0.268. The zero-order chi connectivity index (χ0) is 28.6. The number of nitrogens with one attached hydrogen (secondary N) is 1. The van der Waals surface area contributed by atoms with Crippen molar-refractivity contribution in [3.8, 4) is 0 Å². The molecule has 6 rings (SSSR count). The van der Waals surface area contributed by atoms with Gasteiger partial charge in [-0.05, 0) is 98.5 Å². The third-order valence-electron chi connectivity index (χ3n) is 8.25. The van der Waals surface area contributed by atoms with E-state index in [1.165, 1.54) is 5.56 Å². The fraction of sp³-hybridized carbons (Fsp3) is 0.294. The number of sulfonamides is 1. The summed E-state index contributed by atoms with van der Waals surface area (Å²) < 4.78 is 29.6. The van der Waals surface area contributed by atoms with Crippen LogP contribution in [0.15, 0.2) is 95.9 Å². The number of pyridine rings is 1. The summed E-state index contributed by atoms with van der Waals surface area (Å²) in [7, 11) is -3.70. The lowest BCUT2D eigenvalue weighted by Crippen LogP contribution is -2.34. The van der Waals surface area contributed by atoms with E-state index in [9.17, 15) is 13.2 Å². The van der Waals surface area contributed by atoms with Gasteiger partial charge in [0.2, 0.25) is 15.9 Å². The molecular weight excluding hydrogens is 530 g/mol. The van der Waals surface area contributed by atoms with Crippen LogP contribution in [0.2, 0.25) is 0 Å². The van der Waals surface area contributed by atoms with Gasteiger partial charge in [0, 0.05) is 23.3 Å². The number of fused-ring (bicyclic) bond motifs is 1. The monoisotopic (exact) mass is 565 g/mol. The Hall–Kier alpha value is -3.81. The van der Waals surface area contributed by atoms with Crippen LogP contribution in [0.5, 0.6) is 0 Å². The van der Waals surface area contributed by atoms with Crippen LogP contribution in [0, 0.1) is 19.8 Å². The highest BCUT2D eigenvalue weighted by Gasteiger charge is 2.46. The molecule has 0 unspecified atom stereocenters. The summed E-state index contributed by atoms with van der Waals surface area (Å²) in [6, 6.07) is 28.7. The van der Waals surface area contributed by atoms with E-state index in [4.69, 9.17) is 0 Å². The van der Waals surface area contributed by atoms with Gasteiger partial charge in [0.25, 0.3) is 0 Å². The first-order valence-corrected chi connectivity index (χ1v) is 15.8. The van der Waals surface area contributed by atoms with Gasteiger partial charge in [-0.15, -0.1) is 0 Å². The van der Waals surface area contributed by atoms with Gasteiger partial charge in [0.15, 0.2) is 0 Å². The van der Waals surface area contributed by atoms with Crippen LogP contribution in [0.1, 0.15) is 64.9 Å². The zero-order valence-electron chi connectivity index (χ0n) is 23.5. The number of amides is 1. The first-order chi connectivity index (χ1) is 19.8. The maximum Gasteiger partial charge on any atom is 0.241 e. The topological polar surface area (TPSA) is 79.4 Å². The number of aryl methyl sites for hydroxylation is 3. The van der Waals surface area contributed by atoms with Gasteiger partial charge in [-0.1, -0.05) is 60.2 Å². The van der Waals surface area contributed by atoms with E-state index >= 15 is 0 Å². The van der Waals surface area contributed by atoms with Gasteiger partial charge in [0.1, 0.15) is 0 Å². The number of anilines is 1. The van der Waals surface area contributed by atoms with Gasteiger partial charge < -0.3 is 4.90 Å². The normalized spacial score (nSPS) is 19.8. The molecule has 1 heterocycles. The molecule has 1 saturated carbocycles. The number of hydrogen-bond acceptors (Lipinski definition) is 4. The van der Waals surface area contributed by atoms with E-state index in [0.29, 0.717) is 13.0 Å². The predicted octanol–water partition coefficient (Wildman–Crippen LogP) is 6.39. The molecule has 210 valence electrons. The molecular formula is C34H35N3O3S. The average molecular weight is 566 g/mol. The fourth-order valence-electron chi connectivity index (χ4n) is 5.93. The van der Waals surface area contributed by atoms with Crippen molar-refractivity contribution in [1.82, 2.24) is 9.71 Å². The lowest BCUT2D eigenvalue weighted by atomic mass is 9.87. The third kappa shape index (κ3) is 5.97. The van der Waals surface area contributed by atoms with Gasteiger partial charge in [0.05, 0.1) is 17.1 Å². The van der Waals surface area contributed by atoms with Crippen molar-refractivity contribution < 1.29 is 13.2 Å². The molecule has 0 bridgehead atoms. The molecule has 4 aromatic rings. The molecule has 0 spiro atoms. The van der Waals surface area contributed by atoms with Crippen molar-refractivity contribution in [3.63, 3.8) is 0 Å². The zero-order valence-corrected chi connectivity index (χ0v) is 24.3. The SMILES string of the molecule is Cc1ccc(S(=O)(=O)N[C@H]2CCCc3ccc(N(Cc4cccc(C)n4)C(=O)[C@H]4C[C@@H]4c4ccccc4)cc32)cc1.